The van der Waals surface area contributed by atoms with Gasteiger partial charge in [0.25, 0.3) is 0 Å². The average molecular weight is 356 g/mol. The van der Waals surface area contributed by atoms with Crippen molar-refractivity contribution in [3.05, 3.63) is 0 Å². The molecule has 0 aromatic heterocycles. The van der Waals surface area contributed by atoms with Gasteiger partial charge in [-0.15, -0.1) is 0 Å². The van der Waals surface area contributed by atoms with E-state index in [2.05, 4.69) is 38.8 Å². The molecule has 0 aliphatic rings. The highest BCUT2D eigenvalue weighted by Gasteiger charge is 1.97. The second-order valence-electron chi connectivity index (χ2n) is 4.72. The van der Waals surface area contributed by atoms with Crippen LogP contribution in [0.3, 0.4) is 0 Å². The summed E-state index contributed by atoms with van der Waals surface area (Å²) in [5.74, 6) is 0. The number of hydrogen-bond donors (Lipinski definition) is 0. The van der Waals surface area contributed by atoms with Gasteiger partial charge in [-0.2, -0.15) is 0 Å². The maximum atomic E-state index is 3.51. The summed E-state index contributed by atoms with van der Waals surface area (Å²) in [7, 11) is 0. The predicted molar refractivity (Wildman–Crippen MR) is 82.7 cm³/mol. The average Bonchev–Trinajstić information content (AvgIpc) is 2.25. The first-order valence-electron chi connectivity index (χ1n) is 7.05. The molecule has 0 unspecified atom stereocenters. The summed E-state index contributed by atoms with van der Waals surface area (Å²) < 4.78 is 0.526. The number of rotatable bonds is 12. The van der Waals surface area contributed by atoms with Gasteiger partial charge in [-0.05, 0) is 6.42 Å². The standard InChI is InChI=1S/C14H28Br2/c1-2-3-4-5-6-7-8-9-10-11-12-13-14(15)16/h14H,2-13H2,1H3. The molecule has 0 N–H and O–H groups in total. The molecule has 0 rings (SSSR count). The fraction of sp³-hybridized carbons (Fsp3) is 1.00. The van der Waals surface area contributed by atoms with Gasteiger partial charge in [0.1, 0.15) is 0 Å². The highest BCUT2D eigenvalue weighted by Crippen LogP contribution is 2.18. The topological polar surface area (TPSA) is 0 Å². The first-order valence-corrected chi connectivity index (χ1v) is 8.88. The smallest absolute Gasteiger partial charge is 0.0697 e. The number of unbranched alkanes of at least 4 members (excludes halogenated alkanes) is 10. The summed E-state index contributed by atoms with van der Waals surface area (Å²) in [6, 6.07) is 0. The van der Waals surface area contributed by atoms with E-state index in [1.807, 2.05) is 0 Å². The summed E-state index contributed by atoms with van der Waals surface area (Å²) in [6.45, 7) is 2.28. The van der Waals surface area contributed by atoms with Crippen LogP contribution in [0, 0.1) is 0 Å². The molecule has 0 aromatic rings. The van der Waals surface area contributed by atoms with E-state index >= 15 is 0 Å². The van der Waals surface area contributed by atoms with Crippen molar-refractivity contribution in [3.63, 3.8) is 0 Å². The fourth-order valence-electron chi connectivity index (χ4n) is 1.96. The van der Waals surface area contributed by atoms with Gasteiger partial charge >= 0.3 is 0 Å². The second-order valence-corrected chi connectivity index (χ2v) is 8.15. The lowest BCUT2D eigenvalue weighted by atomic mass is 10.1. The molecule has 0 aliphatic heterocycles. The summed E-state index contributed by atoms with van der Waals surface area (Å²) in [5, 5.41) is 0. The van der Waals surface area contributed by atoms with Crippen LogP contribution in [0.1, 0.15) is 84.0 Å². The Kier molecular flexibility index (Phi) is 14.9. The Balaban J connectivity index is 2.88. The van der Waals surface area contributed by atoms with Crippen LogP contribution in [0.25, 0.3) is 0 Å². The second kappa shape index (κ2) is 14.0. The Hall–Kier alpha value is 0.960. The molecule has 2 heteroatoms. The molecule has 0 radical (unpaired) electrons. The van der Waals surface area contributed by atoms with Gasteiger partial charge in [-0.1, -0.05) is 109 Å². The zero-order valence-electron chi connectivity index (χ0n) is 10.8. The van der Waals surface area contributed by atoms with E-state index in [4.69, 9.17) is 0 Å². The number of alkyl halides is 2. The van der Waals surface area contributed by atoms with Crippen LogP contribution in [0.15, 0.2) is 0 Å². The molecule has 0 aromatic carbocycles. The first-order chi connectivity index (χ1) is 7.77. The van der Waals surface area contributed by atoms with Gasteiger partial charge < -0.3 is 0 Å². The molecule has 16 heavy (non-hydrogen) atoms. The molecule has 0 nitrogen and oxygen atoms in total. The third-order valence-electron chi connectivity index (χ3n) is 3.03. The molecular weight excluding hydrogens is 328 g/mol. The quantitative estimate of drug-likeness (QED) is 0.266. The Morgan fingerprint density at radius 2 is 1.00 bits per heavy atom. The van der Waals surface area contributed by atoms with Crippen molar-refractivity contribution in [1.82, 2.24) is 0 Å². The molecule has 0 aliphatic carbocycles. The van der Waals surface area contributed by atoms with E-state index in [1.54, 1.807) is 0 Å². The Bertz CT molecular complexity index is 124. The number of halogens is 2. The van der Waals surface area contributed by atoms with Crippen LogP contribution in [0.4, 0.5) is 0 Å². The predicted octanol–water partition coefficient (Wildman–Crippen LogP) is 6.80. The summed E-state index contributed by atoms with van der Waals surface area (Å²) >= 11 is 7.03. The van der Waals surface area contributed by atoms with E-state index < -0.39 is 0 Å². The van der Waals surface area contributed by atoms with Gasteiger partial charge in [-0.25, -0.2) is 0 Å². The van der Waals surface area contributed by atoms with E-state index in [0.29, 0.717) is 3.74 Å². The van der Waals surface area contributed by atoms with Crippen molar-refractivity contribution in [3.8, 4) is 0 Å². The normalized spacial score (nSPS) is 11.2. The fourth-order valence-corrected chi connectivity index (χ4v) is 2.61. The van der Waals surface area contributed by atoms with Gasteiger partial charge in [0.2, 0.25) is 0 Å². The molecule has 0 bridgehead atoms. The molecule has 0 amide bonds. The minimum Gasteiger partial charge on any atom is -0.0765 e. The highest BCUT2D eigenvalue weighted by atomic mass is 79.9. The molecule has 98 valence electrons. The van der Waals surface area contributed by atoms with Crippen LogP contribution in [-0.2, 0) is 0 Å². The third-order valence-corrected chi connectivity index (χ3v) is 3.94. The van der Waals surface area contributed by atoms with E-state index in [-0.39, 0.29) is 0 Å². The minimum absolute atomic E-state index is 0.526. The molecule has 0 saturated heterocycles. The lowest BCUT2D eigenvalue weighted by Crippen LogP contribution is -1.86. The van der Waals surface area contributed by atoms with Gasteiger partial charge in [0.05, 0.1) is 3.74 Å². The zero-order chi connectivity index (χ0) is 12.1. The summed E-state index contributed by atoms with van der Waals surface area (Å²) in [6.07, 6.45) is 17.0. The van der Waals surface area contributed by atoms with Crippen LogP contribution in [0.5, 0.6) is 0 Å². The summed E-state index contributed by atoms with van der Waals surface area (Å²) in [4.78, 5) is 0. The van der Waals surface area contributed by atoms with E-state index in [0.717, 1.165) is 0 Å². The van der Waals surface area contributed by atoms with Crippen molar-refractivity contribution < 1.29 is 0 Å². The Morgan fingerprint density at radius 1 is 0.625 bits per heavy atom. The maximum absolute atomic E-state index is 3.51. The lowest BCUT2D eigenvalue weighted by Gasteiger charge is -2.03. The minimum atomic E-state index is 0.526. The molecule has 0 atom stereocenters. The Morgan fingerprint density at radius 3 is 1.38 bits per heavy atom. The molecular formula is C14H28Br2. The molecule has 0 fully saturated rings. The van der Waals surface area contributed by atoms with Gasteiger partial charge in [0, 0.05) is 0 Å². The number of hydrogen-bond acceptors (Lipinski definition) is 0. The maximum Gasteiger partial charge on any atom is 0.0697 e. The van der Waals surface area contributed by atoms with Crippen LogP contribution < -0.4 is 0 Å². The van der Waals surface area contributed by atoms with Crippen molar-refractivity contribution in [2.75, 3.05) is 0 Å². The third kappa shape index (κ3) is 15.0. The molecule has 0 spiro atoms. The lowest BCUT2D eigenvalue weighted by molar-refractivity contribution is 0.548. The van der Waals surface area contributed by atoms with Crippen LogP contribution >= 0.6 is 31.9 Å². The van der Waals surface area contributed by atoms with Crippen molar-refractivity contribution in [2.45, 2.75) is 87.7 Å². The van der Waals surface area contributed by atoms with Crippen molar-refractivity contribution in [2.24, 2.45) is 0 Å². The molecule has 0 heterocycles. The van der Waals surface area contributed by atoms with Crippen LogP contribution in [0.2, 0.25) is 0 Å². The monoisotopic (exact) mass is 354 g/mol. The Labute approximate surface area is 119 Å². The van der Waals surface area contributed by atoms with E-state index in [1.165, 1.54) is 77.0 Å². The summed E-state index contributed by atoms with van der Waals surface area (Å²) in [5.41, 5.74) is 0. The van der Waals surface area contributed by atoms with Crippen LogP contribution in [-0.4, -0.2) is 3.74 Å². The SMILES string of the molecule is CCCCCCCCCCCCCC(Br)Br. The first kappa shape index (κ1) is 17.0. The van der Waals surface area contributed by atoms with Crippen molar-refractivity contribution in [1.29, 1.82) is 0 Å². The highest BCUT2D eigenvalue weighted by molar-refractivity contribution is 9.24. The van der Waals surface area contributed by atoms with Crippen molar-refractivity contribution >= 4 is 31.9 Å². The zero-order valence-corrected chi connectivity index (χ0v) is 14.0. The van der Waals surface area contributed by atoms with Gasteiger partial charge in [0.15, 0.2) is 0 Å². The molecule has 0 saturated carbocycles. The largest absolute Gasteiger partial charge is 0.0765 e. The van der Waals surface area contributed by atoms with E-state index in [9.17, 15) is 0 Å². The van der Waals surface area contributed by atoms with Gasteiger partial charge in [-0.3, -0.25) is 0 Å².